The third-order valence-corrected chi connectivity index (χ3v) is 7.90. The van der Waals surface area contributed by atoms with Gasteiger partial charge in [0.15, 0.2) is 5.78 Å². The van der Waals surface area contributed by atoms with Crippen molar-refractivity contribution in [2.24, 2.45) is 0 Å². The molecule has 0 saturated carbocycles. The van der Waals surface area contributed by atoms with Gasteiger partial charge in [-0.15, -0.1) is 11.3 Å². The smallest absolute Gasteiger partial charge is 0.293 e. The number of sulfonamides is 1. The van der Waals surface area contributed by atoms with Crippen LogP contribution in [-0.2, 0) is 10.0 Å². The average molecular weight is 430 g/mol. The highest BCUT2D eigenvalue weighted by molar-refractivity contribution is 7.91. The van der Waals surface area contributed by atoms with Gasteiger partial charge in [-0.3, -0.25) is 14.9 Å². The van der Waals surface area contributed by atoms with Gasteiger partial charge < -0.3 is 4.90 Å². The van der Waals surface area contributed by atoms with Crippen LogP contribution in [0.25, 0.3) is 0 Å². The van der Waals surface area contributed by atoms with E-state index in [1.165, 1.54) is 35.5 Å². The maximum atomic E-state index is 12.7. The maximum Gasteiger partial charge on any atom is 0.293 e. The first-order valence-electron chi connectivity index (χ1n) is 8.00. The maximum absolute atomic E-state index is 12.7. The molecule has 0 radical (unpaired) electrons. The van der Waals surface area contributed by atoms with Gasteiger partial charge in [0.2, 0.25) is 0 Å². The Bertz CT molecular complexity index is 997. The lowest BCUT2D eigenvalue weighted by molar-refractivity contribution is -0.384. The molecule has 1 aromatic heterocycles. The molecule has 8 nitrogen and oxygen atoms in total. The molecule has 1 aliphatic rings. The van der Waals surface area contributed by atoms with Gasteiger partial charge in [-0.05, 0) is 31.2 Å². The molecule has 0 atom stereocenters. The molecule has 11 heteroatoms. The molecule has 144 valence electrons. The lowest BCUT2D eigenvalue weighted by Crippen LogP contribution is -2.48. The summed E-state index contributed by atoms with van der Waals surface area (Å²) in [6.45, 7) is 2.35. The largest absolute Gasteiger partial charge is 0.363 e. The predicted octanol–water partition coefficient (Wildman–Crippen LogP) is 3.02. The van der Waals surface area contributed by atoms with Gasteiger partial charge in [-0.2, -0.15) is 4.31 Å². The fourth-order valence-corrected chi connectivity index (χ4v) is 5.95. The number of carbonyl (C=O) groups is 1. The summed E-state index contributed by atoms with van der Waals surface area (Å²) in [6, 6.07) is 7.35. The molecule has 27 heavy (non-hydrogen) atoms. The Morgan fingerprint density at radius 1 is 1.19 bits per heavy atom. The van der Waals surface area contributed by atoms with Gasteiger partial charge >= 0.3 is 0 Å². The SMILES string of the molecule is CC(=O)c1ccc(N2CCN(S(=O)(=O)c3ccc(Cl)s3)CC2)c([N+](=O)[O-])c1. The summed E-state index contributed by atoms with van der Waals surface area (Å²) in [7, 11) is -3.63. The lowest BCUT2D eigenvalue weighted by Gasteiger charge is -2.34. The summed E-state index contributed by atoms with van der Waals surface area (Å²) in [5, 5.41) is 11.4. The van der Waals surface area contributed by atoms with Gasteiger partial charge in [-0.25, -0.2) is 8.42 Å². The van der Waals surface area contributed by atoms with Crippen LogP contribution < -0.4 is 4.90 Å². The van der Waals surface area contributed by atoms with E-state index >= 15 is 0 Å². The molecular formula is C16H16ClN3O5S2. The Hall–Kier alpha value is -2.01. The highest BCUT2D eigenvalue weighted by Gasteiger charge is 2.31. The van der Waals surface area contributed by atoms with Gasteiger partial charge in [0.25, 0.3) is 15.7 Å². The summed E-state index contributed by atoms with van der Waals surface area (Å²) < 4.78 is 27.2. The minimum atomic E-state index is -3.63. The molecular weight excluding hydrogens is 414 g/mol. The second kappa shape index (κ2) is 7.55. The third kappa shape index (κ3) is 3.98. The molecule has 0 bridgehead atoms. The fraction of sp³-hybridized carbons (Fsp3) is 0.312. The van der Waals surface area contributed by atoms with Crippen LogP contribution in [0.2, 0.25) is 4.34 Å². The van der Waals surface area contributed by atoms with Crippen molar-refractivity contribution in [2.45, 2.75) is 11.1 Å². The number of rotatable bonds is 5. The van der Waals surface area contributed by atoms with E-state index in [-0.39, 0.29) is 34.3 Å². The van der Waals surface area contributed by atoms with Crippen molar-refractivity contribution in [3.63, 3.8) is 0 Å². The Kier molecular flexibility index (Phi) is 5.52. The highest BCUT2D eigenvalue weighted by atomic mass is 35.5. The standard InChI is InChI=1S/C16H16ClN3O5S2/c1-11(21)12-2-3-13(14(10-12)20(22)23)18-6-8-19(9-7-18)27(24,25)16-5-4-15(17)26-16/h2-5,10H,6-9H2,1H3. The Labute approximate surface area is 165 Å². The molecule has 0 aliphatic carbocycles. The molecule has 2 heterocycles. The number of halogens is 1. The number of nitro groups is 1. The van der Waals surface area contributed by atoms with Crippen LogP contribution in [0.3, 0.4) is 0 Å². The van der Waals surface area contributed by atoms with Crippen molar-refractivity contribution in [3.8, 4) is 0 Å². The number of hydrogen-bond acceptors (Lipinski definition) is 7. The van der Waals surface area contributed by atoms with E-state index < -0.39 is 14.9 Å². The predicted molar refractivity (Wildman–Crippen MR) is 103 cm³/mol. The van der Waals surface area contributed by atoms with E-state index in [0.717, 1.165) is 11.3 Å². The number of ketones is 1. The molecule has 1 saturated heterocycles. The quantitative estimate of drug-likeness (QED) is 0.411. The number of piperazine rings is 1. The minimum absolute atomic E-state index is 0.163. The second-order valence-corrected chi connectivity index (χ2v) is 9.85. The van der Waals surface area contributed by atoms with E-state index in [1.807, 2.05) is 0 Å². The van der Waals surface area contributed by atoms with Crippen molar-refractivity contribution in [1.29, 1.82) is 0 Å². The van der Waals surface area contributed by atoms with Gasteiger partial charge in [0, 0.05) is 37.8 Å². The molecule has 0 spiro atoms. The molecule has 1 aliphatic heterocycles. The van der Waals surface area contributed by atoms with Gasteiger partial charge in [-0.1, -0.05) is 11.6 Å². The van der Waals surface area contributed by atoms with Crippen molar-refractivity contribution in [1.82, 2.24) is 4.31 Å². The Morgan fingerprint density at radius 2 is 1.85 bits per heavy atom. The van der Waals surface area contributed by atoms with E-state index in [1.54, 1.807) is 11.0 Å². The normalized spacial score (nSPS) is 15.7. The molecule has 3 rings (SSSR count). The number of nitrogens with zero attached hydrogens (tertiary/aromatic N) is 3. The zero-order valence-corrected chi connectivity index (χ0v) is 16.7. The van der Waals surface area contributed by atoms with Crippen molar-refractivity contribution in [2.75, 3.05) is 31.1 Å². The first-order chi connectivity index (χ1) is 12.7. The van der Waals surface area contributed by atoms with Gasteiger partial charge in [0.05, 0.1) is 9.26 Å². The van der Waals surface area contributed by atoms with Crippen LogP contribution in [0, 0.1) is 10.1 Å². The molecule has 1 aromatic carbocycles. The number of nitro benzene ring substituents is 1. The minimum Gasteiger partial charge on any atom is -0.363 e. The summed E-state index contributed by atoms with van der Waals surface area (Å²) in [6.07, 6.45) is 0. The highest BCUT2D eigenvalue weighted by Crippen LogP contribution is 2.32. The Morgan fingerprint density at radius 3 is 2.37 bits per heavy atom. The number of thiophene rings is 1. The third-order valence-electron chi connectivity index (χ3n) is 4.30. The summed E-state index contributed by atoms with van der Waals surface area (Å²) in [5.74, 6) is -0.254. The molecule has 2 aromatic rings. The van der Waals surface area contributed by atoms with Crippen LogP contribution in [0.5, 0.6) is 0 Å². The number of Topliss-reactive ketones (excluding diaryl/α,β-unsaturated/α-hetero) is 1. The first kappa shape index (κ1) is 19.7. The van der Waals surface area contributed by atoms with Crippen molar-refractivity contribution < 1.29 is 18.1 Å². The van der Waals surface area contributed by atoms with Crippen LogP contribution in [0.4, 0.5) is 11.4 Å². The molecule has 0 unspecified atom stereocenters. The lowest BCUT2D eigenvalue weighted by atomic mass is 10.1. The van der Waals surface area contributed by atoms with E-state index in [0.29, 0.717) is 23.1 Å². The number of anilines is 1. The molecule has 1 fully saturated rings. The van der Waals surface area contributed by atoms with Crippen molar-refractivity contribution >= 4 is 50.1 Å². The molecule has 0 N–H and O–H groups in total. The van der Waals surface area contributed by atoms with E-state index in [4.69, 9.17) is 11.6 Å². The van der Waals surface area contributed by atoms with E-state index in [2.05, 4.69) is 0 Å². The number of benzene rings is 1. The zero-order chi connectivity index (χ0) is 19.8. The van der Waals surface area contributed by atoms with Crippen LogP contribution in [0.15, 0.2) is 34.5 Å². The van der Waals surface area contributed by atoms with Gasteiger partial charge in [0.1, 0.15) is 9.90 Å². The van der Waals surface area contributed by atoms with Crippen LogP contribution >= 0.6 is 22.9 Å². The summed E-state index contributed by atoms with van der Waals surface area (Å²) >= 11 is 6.83. The number of carbonyl (C=O) groups excluding carboxylic acids is 1. The van der Waals surface area contributed by atoms with Crippen LogP contribution in [0.1, 0.15) is 17.3 Å². The fourth-order valence-electron chi connectivity index (χ4n) is 2.89. The second-order valence-electron chi connectivity index (χ2n) is 5.97. The Balaban J connectivity index is 1.80. The van der Waals surface area contributed by atoms with E-state index in [9.17, 15) is 23.3 Å². The molecule has 0 amide bonds. The van der Waals surface area contributed by atoms with Crippen LogP contribution in [-0.4, -0.2) is 49.6 Å². The topological polar surface area (TPSA) is 101 Å². The summed E-state index contributed by atoms with van der Waals surface area (Å²) in [4.78, 5) is 24.1. The average Bonchev–Trinajstić information content (AvgIpc) is 3.08. The number of hydrogen-bond donors (Lipinski definition) is 0. The summed E-state index contributed by atoms with van der Waals surface area (Å²) in [5.41, 5.74) is 0.478. The monoisotopic (exact) mass is 429 g/mol. The first-order valence-corrected chi connectivity index (χ1v) is 10.6. The zero-order valence-electron chi connectivity index (χ0n) is 14.3. The van der Waals surface area contributed by atoms with Crippen molar-refractivity contribution in [3.05, 3.63) is 50.3 Å².